The lowest BCUT2D eigenvalue weighted by molar-refractivity contribution is -0.135. The van der Waals surface area contributed by atoms with E-state index in [4.69, 9.17) is 0 Å². The summed E-state index contributed by atoms with van der Waals surface area (Å²) in [4.78, 5) is 22.6. The molecule has 4 rings (SSSR count). The summed E-state index contributed by atoms with van der Waals surface area (Å²) in [5, 5.41) is 0. The molecule has 1 fully saturated rings. The summed E-state index contributed by atoms with van der Waals surface area (Å²) < 4.78 is 27.4. The lowest BCUT2D eigenvalue weighted by Gasteiger charge is -2.36. The van der Waals surface area contributed by atoms with E-state index in [-0.39, 0.29) is 22.6 Å². The van der Waals surface area contributed by atoms with Crippen molar-refractivity contribution in [3.05, 3.63) is 65.7 Å². The van der Waals surface area contributed by atoms with Gasteiger partial charge in [-0.05, 0) is 23.6 Å². The first-order valence-corrected chi connectivity index (χ1v) is 12.6. The highest BCUT2D eigenvalue weighted by atomic mass is 32.2. The van der Waals surface area contributed by atoms with Gasteiger partial charge in [0.15, 0.2) is 0 Å². The highest BCUT2D eigenvalue weighted by Crippen LogP contribution is 2.25. The van der Waals surface area contributed by atoms with Gasteiger partial charge in [-0.1, -0.05) is 62.7 Å². The lowest BCUT2D eigenvalue weighted by Crippen LogP contribution is -2.52. The van der Waals surface area contributed by atoms with Crippen LogP contribution in [0.4, 0.5) is 0 Å². The third-order valence-electron chi connectivity index (χ3n) is 6.30. The van der Waals surface area contributed by atoms with E-state index in [0.29, 0.717) is 18.7 Å². The Morgan fingerprint density at radius 3 is 2.38 bits per heavy atom. The predicted molar refractivity (Wildman–Crippen MR) is 125 cm³/mol. The number of piperazine rings is 1. The van der Waals surface area contributed by atoms with Gasteiger partial charge < -0.3 is 4.90 Å². The summed E-state index contributed by atoms with van der Waals surface area (Å²) in [6.45, 7) is 7.79. The summed E-state index contributed by atoms with van der Waals surface area (Å²) >= 11 is 0. The third kappa shape index (κ3) is 4.71. The molecular formula is C24H30N4O3S. The Hall–Kier alpha value is -2.71. The van der Waals surface area contributed by atoms with E-state index in [1.807, 2.05) is 36.9 Å². The maximum atomic E-state index is 13.4. The minimum Gasteiger partial charge on any atom is -0.338 e. The number of fused-ring (bicyclic) bond motifs is 1. The van der Waals surface area contributed by atoms with Crippen LogP contribution in [0.15, 0.2) is 64.5 Å². The van der Waals surface area contributed by atoms with Crippen LogP contribution < -0.4 is 4.72 Å². The summed E-state index contributed by atoms with van der Waals surface area (Å²) in [6, 6.07) is 16.5. The molecule has 0 saturated carbocycles. The number of rotatable bonds is 6. The van der Waals surface area contributed by atoms with Crippen LogP contribution in [0.25, 0.3) is 0 Å². The molecule has 2 aliphatic rings. The number of hydrogen-bond acceptors (Lipinski definition) is 5. The number of hydrogen-bond donors (Lipinski definition) is 1. The minimum atomic E-state index is -3.63. The summed E-state index contributed by atoms with van der Waals surface area (Å²) in [5.41, 5.74) is 1.80. The van der Waals surface area contributed by atoms with E-state index in [0.717, 1.165) is 26.1 Å². The quantitative estimate of drug-likeness (QED) is 0.727. The number of sulfonamides is 1. The van der Waals surface area contributed by atoms with Crippen LogP contribution in [0.1, 0.15) is 31.4 Å². The van der Waals surface area contributed by atoms with Crippen molar-refractivity contribution < 1.29 is 13.2 Å². The van der Waals surface area contributed by atoms with Crippen molar-refractivity contribution in [2.45, 2.75) is 37.8 Å². The van der Waals surface area contributed by atoms with E-state index >= 15 is 0 Å². The molecule has 7 nitrogen and oxygen atoms in total. The molecule has 2 aromatic carbocycles. The van der Waals surface area contributed by atoms with Gasteiger partial charge in [0.1, 0.15) is 11.9 Å². The van der Waals surface area contributed by atoms with Crippen molar-refractivity contribution in [3.8, 4) is 0 Å². The van der Waals surface area contributed by atoms with Crippen LogP contribution in [0.5, 0.6) is 0 Å². The van der Waals surface area contributed by atoms with Crippen molar-refractivity contribution in [2.75, 3.05) is 26.2 Å². The Bertz CT molecular complexity index is 1090. The molecule has 170 valence electrons. The Labute approximate surface area is 190 Å². The number of amidine groups is 1. The lowest BCUT2D eigenvalue weighted by atomic mass is 9.97. The first-order valence-electron chi connectivity index (χ1n) is 11.1. The molecule has 0 aliphatic carbocycles. The van der Waals surface area contributed by atoms with Gasteiger partial charge in [0.2, 0.25) is 5.91 Å². The largest absolute Gasteiger partial charge is 0.338 e. The highest BCUT2D eigenvalue weighted by molar-refractivity contribution is 7.90. The number of aliphatic imine (C=N–C) groups is 1. The zero-order chi connectivity index (χ0) is 22.7. The first-order chi connectivity index (χ1) is 15.4. The maximum absolute atomic E-state index is 13.4. The molecule has 2 aliphatic heterocycles. The molecule has 1 N–H and O–H groups in total. The molecule has 8 heteroatoms. The third-order valence-corrected chi connectivity index (χ3v) is 7.70. The molecule has 0 unspecified atom stereocenters. The van der Waals surface area contributed by atoms with Crippen molar-refractivity contribution in [3.63, 3.8) is 0 Å². The molecule has 0 radical (unpaired) electrons. The highest BCUT2D eigenvalue weighted by Gasteiger charge is 2.35. The smallest absolute Gasteiger partial charge is 0.263 e. The molecular weight excluding hydrogens is 424 g/mol. The van der Waals surface area contributed by atoms with Crippen molar-refractivity contribution in [2.24, 2.45) is 10.9 Å². The Morgan fingerprint density at radius 2 is 1.69 bits per heavy atom. The molecule has 32 heavy (non-hydrogen) atoms. The monoisotopic (exact) mass is 454 g/mol. The number of carbonyl (C=O) groups is 1. The van der Waals surface area contributed by atoms with Gasteiger partial charge in [0, 0.05) is 38.3 Å². The molecule has 2 atom stereocenters. The SMILES string of the molecule is CC[C@H](C)[C@H](N=C1NS(=O)(=O)c2ccccc21)C(=O)N1CCN(Cc2ccccc2)CC1. The Morgan fingerprint density at radius 1 is 1.03 bits per heavy atom. The van der Waals surface area contributed by atoms with Gasteiger partial charge in [-0.3, -0.25) is 19.4 Å². The van der Waals surface area contributed by atoms with E-state index in [9.17, 15) is 13.2 Å². The topological polar surface area (TPSA) is 82.1 Å². The van der Waals surface area contributed by atoms with Gasteiger partial charge in [-0.15, -0.1) is 0 Å². The van der Waals surface area contributed by atoms with Crippen LogP contribution in [0.3, 0.4) is 0 Å². The first kappa shape index (κ1) is 22.5. The molecule has 1 amide bonds. The normalized spacial score (nSPS) is 21.1. The molecule has 0 spiro atoms. The molecule has 0 aromatic heterocycles. The number of amides is 1. The van der Waals surface area contributed by atoms with Crippen molar-refractivity contribution in [1.82, 2.24) is 14.5 Å². The number of nitrogens with zero attached hydrogens (tertiary/aromatic N) is 3. The maximum Gasteiger partial charge on any atom is 0.263 e. The van der Waals surface area contributed by atoms with Crippen LogP contribution >= 0.6 is 0 Å². The fraction of sp³-hybridized carbons (Fsp3) is 0.417. The van der Waals surface area contributed by atoms with Gasteiger partial charge in [-0.2, -0.15) is 0 Å². The second-order valence-electron chi connectivity index (χ2n) is 8.50. The minimum absolute atomic E-state index is 0.00499. The number of carbonyl (C=O) groups excluding carboxylic acids is 1. The van der Waals surface area contributed by atoms with Crippen LogP contribution in [-0.4, -0.2) is 62.2 Å². The van der Waals surface area contributed by atoms with Gasteiger partial charge in [0.25, 0.3) is 10.0 Å². The summed E-state index contributed by atoms with van der Waals surface area (Å²) in [7, 11) is -3.63. The second-order valence-corrected chi connectivity index (χ2v) is 10.1. The molecule has 1 saturated heterocycles. The average Bonchev–Trinajstić information content (AvgIpc) is 3.08. The van der Waals surface area contributed by atoms with Crippen LogP contribution in [0, 0.1) is 5.92 Å². The van der Waals surface area contributed by atoms with Gasteiger partial charge in [-0.25, -0.2) is 8.42 Å². The zero-order valence-corrected chi connectivity index (χ0v) is 19.4. The summed E-state index contributed by atoms with van der Waals surface area (Å²) in [6.07, 6.45) is 0.773. The molecule has 2 heterocycles. The zero-order valence-electron chi connectivity index (χ0n) is 18.6. The van der Waals surface area contributed by atoms with E-state index in [2.05, 4.69) is 26.7 Å². The van der Waals surface area contributed by atoms with E-state index < -0.39 is 16.1 Å². The molecule has 2 aromatic rings. The average molecular weight is 455 g/mol. The molecule has 0 bridgehead atoms. The van der Waals surface area contributed by atoms with Crippen molar-refractivity contribution in [1.29, 1.82) is 0 Å². The van der Waals surface area contributed by atoms with E-state index in [1.165, 1.54) is 5.56 Å². The standard InChI is InChI=1S/C24H30N4O3S/c1-3-18(2)22(25-23-20-11-7-8-12-21(20)32(30,31)26-23)24(29)28-15-13-27(14-16-28)17-19-9-5-4-6-10-19/h4-12,18,22H,3,13-17H2,1-2H3,(H,25,26)/t18-,22-/m0/s1. The van der Waals surface area contributed by atoms with Gasteiger partial charge in [0.05, 0.1) is 4.90 Å². The van der Waals surface area contributed by atoms with Crippen LogP contribution in [-0.2, 0) is 21.4 Å². The number of benzene rings is 2. The van der Waals surface area contributed by atoms with Crippen LogP contribution in [0.2, 0.25) is 0 Å². The predicted octanol–water partition coefficient (Wildman–Crippen LogP) is 2.48. The Balaban J connectivity index is 1.49. The number of nitrogens with one attached hydrogen (secondary N) is 1. The van der Waals surface area contributed by atoms with Gasteiger partial charge >= 0.3 is 0 Å². The van der Waals surface area contributed by atoms with Crippen molar-refractivity contribution >= 4 is 21.8 Å². The summed E-state index contributed by atoms with van der Waals surface area (Å²) in [5.74, 6) is 0.228. The second kappa shape index (κ2) is 9.42. The fourth-order valence-corrected chi connectivity index (χ4v) is 5.41. The fourth-order valence-electron chi connectivity index (χ4n) is 4.17. The van der Waals surface area contributed by atoms with E-state index in [1.54, 1.807) is 24.3 Å². The Kier molecular flexibility index (Phi) is 6.62.